The minimum atomic E-state index is -0.648. The lowest BCUT2D eigenvalue weighted by Crippen LogP contribution is -2.00. The molecule has 0 aliphatic carbocycles. The van der Waals surface area contributed by atoms with Gasteiger partial charge in [0.05, 0.1) is 13.3 Å². The van der Waals surface area contributed by atoms with E-state index in [0.717, 1.165) is 0 Å². The summed E-state index contributed by atoms with van der Waals surface area (Å²) in [5, 5.41) is 8.52. The number of aliphatic hydroxyl groups excluding tert-OH is 1. The summed E-state index contributed by atoms with van der Waals surface area (Å²) in [5.41, 5.74) is 0. The van der Waals surface area contributed by atoms with E-state index in [9.17, 15) is 4.79 Å². The highest BCUT2D eigenvalue weighted by molar-refractivity contribution is 5.83. The van der Waals surface area contributed by atoms with Crippen LogP contribution in [0.3, 0.4) is 0 Å². The van der Waals surface area contributed by atoms with Crippen molar-refractivity contribution in [3.8, 4) is 0 Å². The normalized spacial score (nSPS) is 9.64. The largest absolute Gasteiger partial charge is 0.462 e. The first-order valence-electron chi connectivity index (χ1n) is 2.92. The minimum Gasteiger partial charge on any atom is -0.462 e. The Morgan fingerprint density at radius 3 is 3.09 bits per heavy atom. The summed E-state index contributed by atoms with van der Waals surface area (Å²) in [6.07, 6.45) is 1.27. The van der Waals surface area contributed by atoms with Gasteiger partial charge in [-0.25, -0.2) is 9.78 Å². The number of aliphatic hydroxyl groups is 1. The van der Waals surface area contributed by atoms with Crippen LogP contribution in [0.5, 0.6) is 0 Å². The Morgan fingerprint density at radius 2 is 2.64 bits per heavy atom. The van der Waals surface area contributed by atoms with E-state index in [4.69, 9.17) is 9.52 Å². The van der Waals surface area contributed by atoms with Crippen LogP contribution in [0.15, 0.2) is 10.6 Å². The molecule has 1 aromatic rings. The highest BCUT2D eigenvalue weighted by Crippen LogP contribution is 2.03. The maximum atomic E-state index is 10.7. The van der Waals surface area contributed by atoms with Crippen LogP contribution in [0.2, 0.25) is 0 Å². The van der Waals surface area contributed by atoms with Gasteiger partial charge in [-0.2, -0.15) is 0 Å². The smallest absolute Gasteiger partial charge is 0.394 e. The van der Waals surface area contributed by atoms with Crippen molar-refractivity contribution in [1.29, 1.82) is 0 Å². The molecule has 60 valence electrons. The second kappa shape index (κ2) is 3.16. The zero-order valence-electron chi connectivity index (χ0n) is 5.90. The Bertz CT molecular complexity index is 255. The number of hydrogen-bond donors (Lipinski definition) is 1. The van der Waals surface area contributed by atoms with Crippen LogP contribution in [-0.4, -0.2) is 23.2 Å². The van der Waals surface area contributed by atoms with E-state index in [1.54, 1.807) is 0 Å². The van der Waals surface area contributed by atoms with Gasteiger partial charge < -0.3 is 14.3 Å². The number of oxazole rings is 1. The fourth-order valence-corrected chi connectivity index (χ4v) is 0.562. The first-order chi connectivity index (χ1) is 5.27. The molecule has 0 aromatic carbocycles. The third kappa shape index (κ3) is 1.56. The fourth-order valence-electron chi connectivity index (χ4n) is 0.562. The Hall–Kier alpha value is -1.36. The zero-order valence-corrected chi connectivity index (χ0v) is 5.90. The highest BCUT2D eigenvalue weighted by Gasteiger charge is 2.11. The van der Waals surface area contributed by atoms with Crippen LogP contribution >= 0.6 is 0 Å². The van der Waals surface area contributed by atoms with Gasteiger partial charge in [0.2, 0.25) is 0 Å². The molecule has 1 N–H and O–H groups in total. The molecule has 0 aliphatic rings. The maximum Gasteiger partial charge on any atom is 0.394 e. The molecule has 0 unspecified atom stereocenters. The predicted molar refractivity (Wildman–Crippen MR) is 33.8 cm³/mol. The quantitative estimate of drug-likeness (QED) is 0.609. The van der Waals surface area contributed by atoms with E-state index in [0.29, 0.717) is 0 Å². The number of hydrogen-bond acceptors (Lipinski definition) is 5. The first kappa shape index (κ1) is 7.74. The Balaban J connectivity index is 2.80. The molecule has 0 amide bonds. The topological polar surface area (TPSA) is 72.6 Å². The number of carbonyl (C=O) groups excluding carboxylic acids is 1. The van der Waals surface area contributed by atoms with Crippen molar-refractivity contribution >= 4 is 5.97 Å². The van der Waals surface area contributed by atoms with Crippen LogP contribution in [-0.2, 0) is 11.3 Å². The van der Waals surface area contributed by atoms with Crippen molar-refractivity contribution in [2.24, 2.45) is 0 Å². The standard InChI is InChI=1S/C6H7NO4/c1-10-6(9)5-7-2-4(3-8)11-5/h2,8H,3H2,1H3. The third-order valence-corrected chi connectivity index (χ3v) is 1.07. The Kier molecular flexibility index (Phi) is 2.22. The van der Waals surface area contributed by atoms with Gasteiger partial charge in [0.1, 0.15) is 6.61 Å². The number of aromatic nitrogens is 1. The van der Waals surface area contributed by atoms with Crippen molar-refractivity contribution in [1.82, 2.24) is 4.98 Å². The molecule has 5 nitrogen and oxygen atoms in total. The molecule has 0 spiro atoms. The molecule has 0 radical (unpaired) electrons. The Labute approximate surface area is 62.6 Å². The van der Waals surface area contributed by atoms with E-state index >= 15 is 0 Å². The van der Waals surface area contributed by atoms with Gasteiger partial charge in [0, 0.05) is 0 Å². The average molecular weight is 157 g/mol. The molecule has 0 saturated heterocycles. The lowest BCUT2D eigenvalue weighted by atomic mass is 10.6. The first-order valence-corrected chi connectivity index (χ1v) is 2.92. The Morgan fingerprint density at radius 1 is 1.91 bits per heavy atom. The summed E-state index contributed by atoms with van der Waals surface area (Å²) in [7, 11) is 1.23. The molecule has 1 heterocycles. The molecule has 0 aliphatic heterocycles. The van der Waals surface area contributed by atoms with Gasteiger partial charge >= 0.3 is 11.9 Å². The molecule has 0 atom stereocenters. The molecule has 0 bridgehead atoms. The van der Waals surface area contributed by atoms with Gasteiger partial charge in [-0.15, -0.1) is 0 Å². The lowest BCUT2D eigenvalue weighted by molar-refractivity contribution is 0.0551. The van der Waals surface area contributed by atoms with Crippen LogP contribution in [0, 0.1) is 0 Å². The van der Waals surface area contributed by atoms with Gasteiger partial charge in [-0.3, -0.25) is 0 Å². The van der Waals surface area contributed by atoms with Crippen molar-refractivity contribution in [2.75, 3.05) is 7.11 Å². The van der Waals surface area contributed by atoms with Crippen LogP contribution < -0.4 is 0 Å². The van der Waals surface area contributed by atoms with Crippen LogP contribution in [0.1, 0.15) is 16.4 Å². The van der Waals surface area contributed by atoms with Crippen LogP contribution in [0.25, 0.3) is 0 Å². The number of carbonyl (C=O) groups is 1. The predicted octanol–water partition coefficient (Wildman–Crippen LogP) is -0.0465. The highest BCUT2D eigenvalue weighted by atomic mass is 16.5. The molecule has 1 aromatic heterocycles. The van der Waals surface area contributed by atoms with Crippen LogP contribution in [0.4, 0.5) is 0 Å². The van der Waals surface area contributed by atoms with E-state index in [1.807, 2.05) is 0 Å². The molecular weight excluding hydrogens is 150 g/mol. The van der Waals surface area contributed by atoms with Gasteiger partial charge in [-0.1, -0.05) is 0 Å². The molecule has 5 heteroatoms. The SMILES string of the molecule is COC(=O)c1ncc(CO)o1. The summed E-state index contributed by atoms with van der Waals surface area (Å²) in [6.45, 7) is -0.274. The average Bonchev–Trinajstić information content (AvgIpc) is 2.50. The van der Waals surface area contributed by atoms with Gasteiger partial charge in [0.15, 0.2) is 5.76 Å². The van der Waals surface area contributed by atoms with Gasteiger partial charge in [-0.05, 0) is 0 Å². The molecule has 0 saturated carbocycles. The van der Waals surface area contributed by atoms with E-state index in [2.05, 4.69) is 9.72 Å². The number of methoxy groups -OCH3 is 1. The van der Waals surface area contributed by atoms with Gasteiger partial charge in [0.25, 0.3) is 0 Å². The molecule has 1 rings (SSSR count). The summed E-state index contributed by atoms with van der Waals surface area (Å²) >= 11 is 0. The number of rotatable bonds is 2. The fraction of sp³-hybridized carbons (Fsp3) is 0.333. The van der Waals surface area contributed by atoms with E-state index < -0.39 is 5.97 Å². The lowest BCUT2D eigenvalue weighted by Gasteiger charge is -1.89. The number of nitrogens with zero attached hydrogens (tertiary/aromatic N) is 1. The summed E-state index contributed by atoms with van der Waals surface area (Å²) in [5.74, 6) is -0.549. The van der Waals surface area contributed by atoms with E-state index in [-0.39, 0.29) is 18.3 Å². The third-order valence-electron chi connectivity index (χ3n) is 1.07. The van der Waals surface area contributed by atoms with Crippen molar-refractivity contribution in [2.45, 2.75) is 6.61 Å². The second-order valence-electron chi connectivity index (χ2n) is 1.78. The van der Waals surface area contributed by atoms with Crippen molar-refractivity contribution < 1.29 is 19.1 Å². The second-order valence-corrected chi connectivity index (χ2v) is 1.78. The van der Waals surface area contributed by atoms with Crippen molar-refractivity contribution in [3.05, 3.63) is 17.8 Å². The van der Waals surface area contributed by atoms with Crippen molar-refractivity contribution in [3.63, 3.8) is 0 Å². The number of esters is 1. The maximum absolute atomic E-state index is 10.7. The molecule has 11 heavy (non-hydrogen) atoms. The molecular formula is C6H7NO4. The minimum absolute atomic E-state index is 0.142. The monoisotopic (exact) mass is 157 g/mol. The summed E-state index contributed by atoms with van der Waals surface area (Å²) < 4.78 is 9.07. The summed E-state index contributed by atoms with van der Waals surface area (Å²) in [4.78, 5) is 14.2. The van der Waals surface area contributed by atoms with E-state index in [1.165, 1.54) is 13.3 Å². The summed E-state index contributed by atoms with van der Waals surface area (Å²) in [6, 6.07) is 0. The molecule has 0 fully saturated rings. The zero-order chi connectivity index (χ0) is 8.27. The number of ether oxygens (including phenoxy) is 1.